The van der Waals surface area contributed by atoms with Crippen LogP contribution in [0, 0.1) is 0 Å². The van der Waals surface area contributed by atoms with Gasteiger partial charge in [-0.05, 0) is 48.6 Å². The molecule has 0 spiro atoms. The average Bonchev–Trinajstić information content (AvgIpc) is 3.32. The maximum absolute atomic E-state index is 5.44. The van der Waals surface area contributed by atoms with Gasteiger partial charge >= 0.3 is 0 Å². The van der Waals surface area contributed by atoms with Crippen molar-refractivity contribution in [3.05, 3.63) is 54.6 Å². The van der Waals surface area contributed by atoms with Crippen LogP contribution < -0.4 is 4.74 Å². The molecule has 0 N–H and O–H groups in total. The Balaban J connectivity index is 1.76. The summed E-state index contributed by atoms with van der Waals surface area (Å²) in [5.41, 5.74) is 3.74. The first-order valence-corrected chi connectivity index (χ1v) is 8.21. The molecule has 22 heavy (non-hydrogen) atoms. The van der Waals surface area contributed by atoms with Crippen molar-refractivity contribution in [2.45, 2.75) is 18.8 Å². The molecule has 110 valence electrons. The van der Waals surface area contributed by atoms with Crippen molar-refractivity contribution in [2.75, 3.05) is 7.11 Å². The Morgan fingerprint density at radius 2 is 1.64 bits per heavy atom. The summed E-state index contributed by atoms with van der Waals surface area (Å²) in [5.74, 6) is 1.58. The van der Waals surface area contributed by atoms with Crippen LogP contribution in [0.25, 0.3) is 20.9 Å². The molecule has 0 atom stereocenters. The minimum atomic E-state index is 0.719. The van der Waals surface area contributed by atoms with Crippen molar-refractivity contribution in [1.29, 1.82) is 0 Å². The molecule has 0 bridgehead atoms. The summed E-state index contributed by atoms with van der Waals surface area (Å²) < 4.78 is 5.44. The van der Waals surface area contributed by atoms with E-state index in [1.54, 1.807) is 24.6 Å². The van der Waals surface area contributed by atoms with Crippen molar-refractivity contribution in [3.63, 3.8) is 0 Å². The van der Waals surface area contributed by atoms with Gasteiger partial charge in [-0.2, -0.15) is 0 Å². The summed E-state index contributed by atoms with van der Waals surface area (Å²) in [7, 11) is 1.69. The molecule has 1 fully saturated rings. The first-order valence-electron chi connectivity index (χ1n) is 7.39. The molecular formula is C18H16N2OS. The van der Waals surface area contributed by atoms with Gasteiger partial charge in [0, 0.05) is 40.1 Å². The van der Waals surface area contributed by atoms with Crippen LogP contribution in [0.5, 0.6) is 5.75 Å². The number of ether oxygens (including phenoxy) is 1. The zero-order valence-corrected chi connectivity index (χ0v) is 13.1. The molecule has 0 radical (unpaired) electrons. The molecule has 4 rings (SSSR count). The molecule has 3 aromatic heterocycles. The van der Waals surface area contributed by atoms with Crippen LogP contribution in [0.4, 0.5) is 0 Å². The fraction of sp³-hybridized carbons (Fsp3) is 0.222. The molecule has 0 saturated heterocycles. The average molecular weight is 308 g/mol. The lowest BCUT2D eigenvalue weighted by atomic mass is 10.1. The Bertz CT molecular complexity index is 808. The number of methoxy groups -OCH3 is 1. The molecule has 0 unspecified atom stereocenters. The minimum absolute atomic E-state index is 0.719. The van der Waals surface area contributed by atoms with Crippen LogP contribution >= 0.6 is 11.3 Å². The Kier molecular flexibility index (Phi) is 3.39. The molecule has 3 nitrogen and oxygen atoms in total. The van der Waals surface area contributed by atoms with E-state index in [0.717, 1.165) is 17.2 Å². The van der Waals surface area contributed by atoms with Crippen LogP contribution in [0.1, 0.15) is 24.3 Å². The number of hydrogen-bond acceptors (Lipinski definition) is 4. The highest BCUT2D eigenvalue weighted by molar-refractivity contribution is 7.18. The van der Waals surface area contributed by atoms with Gasteiger partial charge in [0.1, 0.15) is 5.75 Å². The number of nitrogens with zero attached hydrogens (tertiary/aromatic N) is 2. The van der Waals surface area contributed by atoms with Crippen molar-refractivity contribution >= 4 is 11.3 Å². The Morgan fingerprint density at radius 3 is 2.36 bits per heavy atom. The number of pyridine rings is 2. The van der Waals surface area contributed by atoms with Crippen molar-refractivity contribution in [3.8, 4) is 26.6 Å². The van der Waals surface area contributed by atoms with E-state index < -0.39 is 0 Å². The lowest BCUT2D eigenvalue weighted by molar-refractivity contribution is 0.416. The Labute approximate surface area is 133 Å². The lowest BCUT2D eigenvalue weighted by Gasteiger charge is -2.06. The maximum Gasteiger partial charge on any atom is 0.130 e. The second-order valence-electron chi connectivity index (χ2n) is 5.48. The van der Waals surface area contributed by atoms with E-state index in [1.165, 1.54) is 33.7 Å². The second kappa shape index (κ2) is 5.54. The van der Waals surface area contributed by atoms with E-state index >= 15 is 0 Å². The maximum atomic E-state index is 5.44. The number of thiophene rings is 1. The monoisotopic (exact) mass is 308 g/mol. The Morgan fingerprint density at radius 1 is 0.955 bits per heavy atom. The molecule has 1 aliphatic rings. The summed E-state index contributed by atoms with van der Waals surface area (Å²) in [5, 5.41) is 0. The predicted molar refractivity (Wildman–Crippen MR) is 89.3 cm³/mol. The zero-order valence-electron chi connectivity index (χ0n) is 12.3. The van der Waals surface area contributed by atoms with Gasteiger partial charge in [-0.15, -0.1) is 11.3 Å². The van der Waals surface area contributed by atoms with Gasteiger partial charge in [-0.3, -0.25) is 9.97 Å². The predicted octanol–water partition coefficient (Wildman–Crippen LogP) is 4.76. The topological polar surface area (TPSA) is 35.0 Å². The second-order valence-corrected chi connectivity index (χ2v) is 6.56. The quantitative estimate of drug-likeness (QED) is 0.697. The van der Waals surface area contributed by atoms with E-state index in [-0.39, 0.29) is 0 Å². The molecule has 4 heteroatoms. The highest BCUT2D eigenvalue weighted by Gasteiger charge is 2.26. The fourth-order valence-corrected chi connectivity index (χ4v) is 3.79. The van der Waals surface area contributed by atoms with Crippen LogP contribution in [-0.2, 0) is 0 Å². The van der Waals surface area contributed by atoms with Gasteiger partial charge in [-0.25, -0.2) is 0 Å². The summed E-state index contributed by atoms with van der Waals surface area (Å²) in [6.07, 6.45) is 10.1. The minimum Gasteiger partial charge on any atom is -0.496 e. The van der Waals surface area contributed by atoms with E-state index in [4.69, 9.17) is 4.74 Å². The first kappa shape index (κ1) is 13.5. The van der Waals surface area contributed by atoms with Crippen molar-refractivity contribution in [2.24, 2.45) is 0 Å². The largest absolute Gasteiger partial charge is 0.496 e. The Hall–Kier alpha value is -2.20. The molecule has 3 aromatic rings. The van der Waals surface area contributed by atoms with Crippen molar-refractivity contribution in [1.82, 2.24) is 9.97 Å². The number of rotatable bonds is 4. The third-order valence-electron chi connectivity index (χ3n) is 4.01. The zero-order chi connectivity index (χ0) is 14.9. The van der Waals surface area contributed by atoms with Crippen LogP contribution in [0.15, 0.2) is 49.1 Å². The van der Waals surface area contributed by atoms with E-state index in [2.05, 4.69) is 28.2 Å². The number of aromatic nitrogens is 2. The molecule has 0 amide bonds. The van der Waals surface area contributed by atoms with Crippen molar-refractivity contribution < 1.29 is 4.74 Å². The highest BCUT2D eigenvalue weighted by Crippen LogP contribution is 2.46. The SMILES string of the molecule is COc1ccncc1-c1ccc(-c2cnccc2C2CC2)s1. The molecule has 0 aliphatic heterocycles. The van der Waals surface area contributed by atoms with E-state index in [9.17, 15) is 0 Å². The van der Waals surface area contributed by atoms with Gasteiger partial charge in [-0.1, -0.05) is 0 Å². The van der Waals surface area contributed by atoms with Gasteiger partial charge in [0.15, 0.2) is 0 Å². The number of hydrogen-bond donors (Lipinski definition) is 0. The highest BCUT2D eigenvalue weighted by atomic mass is 32.1. The molecular weight excluding hydrogens is 292 g/mol. The van der Waals surface area contributed by atoms with Gasteiger partial charge in [0.05, 0.1) is 12.7 Å². The third kappa shape index (κ3) is 2.40. The lowest BCUT2D eigenvalue weighted by Crippen LogP contribution is -1.87. The van der Waals surface area contributed by atoms with Gasteiger partial charge in [0.25, 0.3) is 0 Å². The van der Waals surface area contributed by atoms with Crippen LogP contribution in [0.3, 0.4) is 0 Å². The van der Waals surface area contributed by atoms with Crippen LogP contribution in [0.2, 0.25) is 0 Å². The molecule has 1 aliphatic carbocycles. The third-order valence-corrected chi connectivity index (χ3v) is 5.16. The summed E-state index contributed by atoms with van der Waals surface area (Å²) >= 11 is 1.77. The summed E-state index contributed by atoms with van der Waals surface area (Å²) in [4.78, 5) is 11.0. The normalized spacial score (nSPS) is 14.0. The first-order chi connectivity index (χ1) is 10.9. The summed E-state index contributed by atoms with van der Waals surface area (Å²) in [6, 6.07) is 8.38. The standard InChI is InChI=1S/C18H16N2OS/c1-21-16-7-9-20-11-15(16)18-5-4-17(22-18)14-10-19-8-6-13(14)12-2-3-12/h4-12H,2-3H2,1H3. The van der Waals surface area contributed by atoms with E-state index in [0.29, 0.717) is 0 Å². The van der Waals surface area contributed by atoms with Gasteiger partial charge < -0.3 is 4.74 Å². The molecule has 0 aromatic carbocycles. The molecule has 1 saturated carbocycles. The van der Waals surface area contributed by atoms with Gasteiger partial charge in [0.2, 0.25) is 0 Å². The smallest absolute Gasteiger partial charge is 0.130 e. The fourth-order valence-electron chi connectivity index (χ4n) is 2.73. The van der Waals surface area contributed by atoms with Crippen LogP contribution in [-0.4, -0.2) is 17.1 Å². The van der Waals surface area contributed by atoms with E-state index in [1.807, 2.05) is 24.7 Å². The molecule has 3 heterocycles. The summed E-state index contributed by atoms with van der Waals surface area (Å²) in [6.45, 7) is 0.